The number of aromatic nitrogens is 2. The number of carbonyl (C=O) groups excluding carboxylic acids is 1. The van der Waals surface area contributed by atoms with E-state index in [-0.39, 0.29) is 12.5 Å². The Hall–Kier alpha value is -2.14. The van der Waals surface area contributed by atoms with E-state index in [1.165, 1.54) is 5.56 Å². The van der Waals surface area contributed by atoms with Gasteiger partial charge in [0.25, 0.3) is 0 Å². The van der Waals surface area contributed by atoms with Crippen LogP contribution in [0.15, 0.2) is 42.7 Å². The summed E-state index contributed by atoms with van der Waals surface area (Å²) in [6, 6.07) is 10.1. The lowest BCUT2D eigenvalue weighted by atomic mass is 10.2. The van der Waals surface area contributed by atoms with Crippen molar-refractivity contribution < 1.29 is 9.53 Å². The normalized spacial score (nSPS) is 10.8. The van der Waals surface area contributed by atoms with Crippen molar-refractivity contribution in [2.24, 2.45) is 7.05 Å². The van der Waals surface area contributed by atoms with Gasteiger partial charge in [0.1, 0.15) is 0 Å². The lowest BCUT2D eigenvalue weighted by molar-refractivity contribution is -0.144. The molecule has 5 heteroatoms. The molecule has 5 nitrogen and oxygen atoms in total. The van der Waals surface area contributed by atoms with E-state index in [0.717, 1.165) is 5.56 Å². The summed E-state index contributed by atoms with van der Waals surface area (Å²) in [4.78, 5) is 13.8. The van der Waals surface area contributed by atoms with Crippen molar-refractivity contribution in [1.29, 1.82) is 0 Å². The number of carbonyl (C=O) groups is 1. The molecule has 0 saturated carbocycles. The lowest BCUT2D eigenvalue weighted by Gasteiger charge is -2.20. The first kappa shape index (κ1) is 15.3. The third-order valence-corrected chi connectivity index (χ3v) is 3.07. The Morgan fingerprint density at radius 1 is 1.24 bits per heavy atom. The maximum Gasteiger partial charge on any atom is 0.320 e. The van der Waals surface area contributed by atoms with Crippen LogP contribution in [0.4, 0.5) is 0 Å². The molecule has 0 atom stereocenters. The summed E-state index contributed by atoms with van der Waals surface area (Å²) in [7, 11) is 1.89. The van der Waals surface area contributed by atoms with Gasteiger partial charge in [-0.3, -0.25) is 14.4 Å². The minimum absolute atomic E-state index is 0.197. The second kappa shape index (κ2) is 7.59. The fourth-order valence-corrected chi connectivity index (χ4v) is 2.21. The van der Waals surface area contributed by atoms with Crippen LogP contribution in [0.5, 0.6) is 0 Å². The first-order valence-corrected chi connectivity index (χ1v) is 7.07. The highest BCUT2D eigenvalue weighted by Crippen LogP contribution is 2.09. The predicted molar refractivity (Wildman–Crippen MR) is 80.4 cm³/mol. The molecule has 0 bridgehead atoms. The summed E-state index contributed by atoms with van der Waals surface area (Å²) in [5, 5.41) is 4.17. The monoisotopic (exact) mass is 287 g/mol. The van der Waals surface area contributed by atoms with Crippen LogP contribution >= 0.6 is 0 Å². The standard InChI is InChI=1S/C16H21N3O2/c1-3-21-16(20)13-19(11-14-7-5-4-6-8-14)12-15-9-17-18(2)10-15/h4-10H,3,11-13H2,1-2H3. The van der Waals surface area contributed by atoms with Gasteiger partial charge in [-0.05, 0) is 12.5 Å². The summed E-state index contributed by atoms with van der Waals surface area (Å²) < 4.78 is 6.82. The maximum absolute atomic E-state index is 11.8. The zero-order valence-corrected chi connectivity index (χ0v) is 12.5. The Morgan fingerprint density at radius 2 is 1.95 bits per heavy atom. The highest BCUT2D eigenvalue weighted by Gasteiger charge is 2.13. The van der Waals surface area contributed by atoms with Crippen LogP contribution in [-0.2, 0) is 29.7 Å². The number of nitrogens with zero attached hydrogens (tertiary/aromatic N) is 3. The van der Waals surface area contributed by atoms with Gasteiger partial charge in [-0.2, -0.15) is 5.10 Å². The molecule has 0 spiro atoms. The number of aryl methyl sites for hydroxylation is 1. The van der Waals surface area contributed by atoms with Crippen LogP contribution in [-0.4, -0.2) is 33.8 Å². The maximum atomic E-state index is 11.8. The average molecular weight is 287 g/mol. The van der Waals surface area contributed by atoms with Gasteiger partial charge in [-0.25, -0.2) is 0 Å². The van der Waals surface area contributed by atoms with Gasteiger partial charge in [0.15, 0.2) is 0 Å². The van der Waals surface area contributed by atoms with Gasteiger partial charge < -0.3 is 4.74 Å². The van der Waals surface area contributed by atoms with Crippen LogP contribution in [0, 0.1) is 0 Å². The largest absolute Gasteiger partial charge is 0.465 e. The second-order valence-electron chi connectivity index (χ2n) is 4.96. The Bertz CT molecular complexity index is 566. The summed E-state index contributed by atoms with van der Waals surface area (Å²) in [6.45, 7) is 3.87. The summed E-state index contributed by atoms with van der Waals surface area (Å²) in [5.41, 5.74) is 2.25. The summed E-state index contributed by atoms with van der Waals surface area (Å²) >= 11 is 0. The van der Waals surface area contributed by atoms with E-state index in [9.17, 15) is 4.79 Å². The first-order chi connectivity index (χ1) is 10.2. The molecule has 0 N–H and O–H groups in total. The Morgan fingerprint density at radius 3 is 2.57 bits per heavy atom. The molecule has 0 radical (unpaired) electrons. The smallest absolute Gasteiger partial charge is 0.320 e. The fourth-order valence-electron chi connectivity index (χ4n) is 2.21. The number of hydrogen-bond acceptors (Lipinski definition) is 4. The van der Waals surface area contributed by atoms with Crippen molar-refractivity contribution in [2.45, 2.75) is 20.0 Å². The van der Waals surface area contributed by atoms with E-state index in [0.29, 0.717) is 19.7 Å². The van der Waals surface area contributed by atoms with E-state index in [2.05, 4.69) is 22.1 Å². The number of esters is 1. The van der Waals surface area contributed by atoms with E-state index in [4.69, 9.17) is 4.74 Å². The van der Waals surface area contributed by atoms with Crippen molar-refractivity contribution >= 4 is 5.97 Å². The minimum atomic E-state index is -0.197. The molecule has 0 fully saturated rings. The zero-order chi connectivity index (χ0) is 15.1. The zero-order valence-electron chi connectivity index (χ0n) is 12.5. The molecule has 1 heterocycles. The van der Waals surface area contributed by atoms with E-state index in [1.54, 1.807) is 4.68 Å². The lowest BCUT2D eigenvalue weighted by Crippen LogP contribution is -2.30. The molecular weight excluding hydrogens is 266 g/mol. The molecule has 2 aromatic rings. The summed E-state index contributed by atoms with van der Waals surface area (Å²) in [5.74, 6) is -0.197. The first-order valence-electron chi connectivity index (χ1n) is 7.07. The van der Waals surface area contributed by atoms with Crippen LogP contribution < -0.4 is 0 Å². The quantitative estimate of drug-likeness (QED) is 0.731. The Labute approximate surface area is 125 Å². The van der Waals surface area contributed by atoms with Gasteiger partial charge in [-0.1, -0.05) is 30.3 Å². The molecule has 21 heavy (non-hydrogen) atoms. The number of hydrogen-bond donors (Lipinski definition) is 0. The molecule has 0 aliphatic rings. The van der Waals surface area contributed by atoms with Crippen LogP contribution in [0.2, 0.25) is 0 Å². The van der Waals surface area contributed by atoms with Crippen molar-refractivity contribution in [3.8, 4) is 0 Å². The van der Waals surface area contributed by atoms with Crippen LogP contribution in [0.25, 0.3) is 0 Å². The van der Waals surface area contributed by atoms with Gasteiger partial charge >= 0.3 is 5.97 Å². The highest BCUT2D eigenvalue weighted by atomic mass is 16.5. The third-order valence-electron chi connectivity index (χ3n) is 3.07. The number of rotatable bonds is 7. The van der Waals surface area contributed by atoms with Gasteiger partial charge in [-0.15, -0.1) is 0 Å². The fraction of sp³-hybridized carbons (Fsp3) is 0.375. The number of ether oxygens (including phenoxy) is 1. The van der Waals surface area contributed by atoms with Gasteiger partial charge in [0.2, 0.25) is 0 Å². The van der Waals surface area contributed by atoms with Crippen molar-refractivity contribution in [1.82, 2.24) is 14.7 Å². The molecule has 1 aromatic carbocycles. The Balaban J connectivity index is 2.04. The van der Waals surface area contributed by atoms with Crippen LogP contribution in [0.3, 0.4) is 0 Å². The van der Waals surface area contributed by atoms with E-state index < -0.39 is 0 Å². The van der Waals surface area contributed by atoms with Crippen LogP contribution in [0.1, 0.15) is 18.1 Å². The molecule has 2 rings (SSSR count). The minimum Gasteiger partial charge on any atom is -0.465 e. The predicted octanol–water partition coefficient (Wildman–Crippen LogP) is 1.99. The van der Waals surface area contributed by atoms with Crippen molar-refractivity contribution in [2.75, 3.05) is 13.2 Å². The molecule has 0 saturated heterocycles. The number of benzene rings is 1. The molecule has 112 valence electrons. The van der Waals surface area contributed by atoms with Gasteiger partial charge in [0.05, 0.1) is 19.3 Å². The van der Waals surface area contributed by atoms with E-state index in [1.807, 2.05) is 44.6 Å². The molecular formula is C16H21N3O2. The SMILES string of the molecule is CCOC(=O)CN(Cc1ccccc1)Cc1cnn(C)c1. The third kappa shape index (κ3) is 5.04. The molecule has 0 aliphatic heterocycles. The van der Waals surface area contributed by atoms with Crippen molar-refractivity contribution in [3.63, 3.8) is 0 Å². The van der Waals surface area contributed by atoms with E-state index >= 15 is 0 Å². The second-order valence-corrected chi connectivity index (χ2v) is 4.96. The van der Waals surface area contributed by atoms with Crippen molar-refractivity contribution in [3.05, 3.63) is 53.9 Å². The molecule has 0 aliphatic carbocycles. The summed E-state index contributed by atoms with van der Waals surface area (Å²) in [6.07, 6.45) is 3.78. The average Bonchev–Trinajstić information content (AvgIpc) is 2.85. The Kier molecular flexibility index (Phi) is 5.51. The van der Waals surface area contributed by atoms with Gasteiger partial charge in [0, 0.05) is 31.9 Å². The topological polar surface area (TPSA) is 47.4 Å². The molecule has 0 unspecified atom stereocenters. The highest BCUT2D eigenvalue weighted by molar-refractivity contribution is 5.71. The molecule has 0 amide bonds. The molecule has 1 aromatic heterocycles.